The van der Waals surface area contributed by atoms with Crippen LogP contribution in [0, 0.1) is 25.7 Å². The molecule has 1 heterocycles. The molecule has 15 heteroatoms. The Morgan fingerprint density at radius 1 is 0.588 bits per heavy atom. The zero-order valence-corrected chi connectivity index (χ0v) is 32.4. The third-order valence-corrected chi connectivity index (χ3v) is 12.1. The highest BCUT2D eigenvalue weighted by Crippen LogP contribution is 2.19. The highest BCUT2D eigenvalue weighted by atomic mass is 32.2. The van der Waals surface area contributed by atoms with Crippen molar-refractivity contribution in [1.29, 1.82) is 0 Å². The minimum absolute atomic E-state index is 0.0792. The third kappa shape index (κ3) is 12.9. The first-order valence-electron chi connectivity index (χ1n) is 17.7. The molecule has 1 aliphatic rings. The maximum Gasteiger partial charge on any atom is 0.241 e. The number of rotatable bonds is 12. The SMILES string of the molecule is CC[C@@H](C)[C@H](NS(=O)(=O)c1ccc(C)cc1)C(=O)N1CCOCCOCCN(C(=O)[C@H](NS(=O)(=O)c2ccc(C)cc2)[C@@H](C)CC)CCOCC1. The van der Waals surface area contributed by atoms with Gasteiger partial charge in [0.1, 0.15) is 12.1 Å². The lowest BCUT2D eigenvalue weighted by molar-refractivity contribution is -0.136. The van der Waals surface area contributed by atoms with Crippen molar-refractivity contribution >= 4 is 31.9 Å². The van der Waals surface area contributed by atoms with Gasteiger partial charge in [-0.05, 0) is 49.9 Å². The monoisotopic (exact) mass is 752 g/mol. The van der Waals surface area contributed by atoms with Gasteiger partial charge in [0.25, 0.3) is 0 Å². The molecule has 0 bridgehead atoms. The van der Waals surface area contributed by atoms with E-state index in [2.05, 4.69) is 9.44 Å². The Morgan fingerprint density at radius 2 is 0.882 bits per heavy atom. The molecule has 13 nitrogen and oxygen atoms in total. The molecule has 1 saturated heterocycles. The molecular formula is C36H56N4O9S2. The summed E-state index contributed by atoms with van der Waals surface area (Å²) in [5.41, 5.74) is 1.84. The van der Waals surface area contributed by atoms with Crippen molar-refractivity contribution in [2.45, 2.75) is 76.3 Å². The molecule has 3 rings (SSSR count). The smallest absolute Gasteiger partial charge is 0.241 e. The zero-order chi connectivity index (χ0) is 37.6. The molecule has 2 amide bonds. The van der Waals surface area contributed by atoms with E-state index in [4.69, 9.17) is 14.2 Å². The summed E-state index contributed by atoms with van der Waals surface area (Å²) in [7, 11) is -7.97. The minimum Gasteiger partial charge on any atom is -0.378 e. The van der Waals surface area contributed by atoms with Gasteiger partial charge in [0.05, 0.1) is 49.4 Å². The van der Waals surface area contributed by atoms with Crippen molar-refractivity contribution in [2.24, 2.45) is 11.8 Å². The number of nitrogens with zero attached hydrogens (tertiary/aromatic N) is 2. The number of carbonyl (C=O) groups is 2. The van der Waals surface area contributed by atoms with E-state index in [1.165, 1.54) is 34.1 Å². The van der Waals surface area contributed by atoms with Gasteiger partial charge in [-0.25, -0.2) is 16.8 Å². The van der Waals surface area contributed by atoms with Crippen LogP contribution >= 0.6 is 0 Å². The Labute approximate surface area is 304 Å². The number of sulfonamides is 2. The number of ether oxygens (including phenoxy) is 3. The van der Waals surface area contributed by atoms with E-state index in [0.717, 1.165) is 11.1 Å². The second-order valence-corrected chi connectivity index (χ2v) is 16.5. The van der Waals surface area contributed by atoms with Crippen LogP contribution in [0.4, 0.5) is 0 Å². The van der Waals surface area contributed by atoms with Crippen LogP contribution in [-0.4, -0.2) is 116 Å². The number of hydrogen-bond acceptors (Lipinski definition) is 9. The maximum atomic E-state index is 14.0. The van der Waals surface area contributed by atoms with Crippen LogP contribution in [0.25, 0.3) is 0 Å². The summed E-state index contributed by atoms with van der Waals surface area (Å²) < 4.78 is 76.0. The van der Waals surface area contributed by atoms with E-state index in [1.807, 2.05) is 41.5 Å². The fourth-order valence-corrected chi connectivity index (χ4v) is 7.97. The molecule has 2 aromatic carbocycles. The van der Waals surface area contributed by atoms with Crippen LogP contribution < -0.4 is 9.44 Å². The first kappa shape index (κ1) is 42.5. The molecule has 1 aliphatic heterocycles. The van der Waals surface area contributed by atoms with Gasteiger partial charge in [0.15, 0.2) is 0 Å². The van der Waals surface area contributed by atoms with Crippen molar-refractivity contribution in [2.75, 3.05) is 65.8 Å². The van der Waals surface area contributed by atoms with Crippen LogP contribution in [0.2, 0.25) is 0 Å². The van der Waals surface area contributed by atoms with Crippen LogP contribution in [0.1, 0.15) is 51.7 Å². The van der Waals surface area contributed by atoms with Gasteiger partial charge in [0, 0.05) is 26.2 Å². The Morgan fingerprint density at radius 3 is 1.18 bits per heavy atom. The molecular weight excluding hydrogens is 697 g/mol. The van der Waals surface area contributed by atoms with Gasteiger partial charge in [-0.1, -0.05) is 75.9 Å². The Bertz CT molecular complexity index is 1480. The Kier molecular flexibility index (Phi) is 17.0. The number of hydrogen-bond donors (Lipinski definition) is 2. The standard InChI is InChI=1S/C36H56N4O9S2/c1-7-29(5)33(37-50(43,44)31-13-9-27(3)10-14-31)35(41)39-17-21-47-22-18-40(20-24-49-26-25-48-23-19-39)36(42)34(30(6)8-2)38-51(45,46)32-15-11-28(4)12-16-32/h9-16,29-30,33-34,37-38H,7-8,17-26H2,1-6H3/t29-,30+,33+,34-. The van der Waals surface area contributed by atoms with E-state index in [9.17, 15) is 26.4 Å². The maximum absolute atomic E-state index is 14.0. The lowest BCUT2D eigenvalue weighted by Crippen LogP contribution is -2.53. The second kappa shape index (κ2) is 20.4. The number of benzene rings is 2. The van der Waals surface area contributed by atoms with E-state index < -0.39 is 32.1 Å². The molecule has 2 aromatic rings. The fourth-order valence-electron chi connectivity index (χ4n) is 5.38. The number of nitrogens with one attached hydrogen (secondary N) is 2. The van der Waals surface area contributed by atoms with Gasteiger partial charge >= 0.3 is 0 Å². The minimum atomic E-state index is -3.98. The first-order chi connectivity index (χ1) is 24.2. The highest BCUT2D eigenvalue weighted by Gasteiger charge is 2.34. The fraction of sp³-hybridized carbons (Fsp3) is 0.611. The molecule has 0 saturated carbocycles. The lowest BCUT2D eigenvalue weighted by Gasteiger charge is -2.31. The topological polar surface area (TPSA) is 161 Å². The summed E-state index contributed by atoms with van der Waals surface area (Å²) in [6.07, 6.45) is 1.13. The van der Waals surface area contributed by atoms with Crippen molar-refractivity contribution in [3.8, 4) is 0 Å². The molecule has 51 heavy (non-hydrogen) atoms. The summed E-state index contributed by atoms with van der Waals surface area (Å²) in [5.74, 6) is -1.37. The van der Waals surface area contributed by atoms with Crippen molar-refractivity contribution in [3.63, 3.8) is 0 Å². The summed E-state index contributed by atoms with van der Waals surface area (Å²) >= 11 is 0. The van der Waals surface area contributed by atoms with Crippen LogP contribution in [-0.2, 0) is 43.8 Å². The molecule has 286 valence electrons. The van der Waals surface area contributed by atoms with Gasteiger partial charge < -0.3 is 24.0 Å². The van der Waals surface area contributed by atoms with Gasteiger partial charge in [-0.15, -0.1) is 0 Å². The molecule has 0 aliphatic carbocycles. The van der Waals surface area contributed by atoms with E-state index in [-0.39, 0.29) is 99.3 Å². The summed E-state index contributed by atoms with van der Waals surface area (Å²) in [4.78, 5) is 31.1. The highest BCUT2D eigenvalue weighted by molar-refractivity contribution is 7.89. The predicted octanol–water partition coefficient (Wildman–Crippen LogP) is 3.11. The summed E-state index contributed by atoms with van der Waals surface area (Å²) in [5, 5.41) is 0. The van der Waals surface area contributed by atoms with Crippen LogP contribution in [0.5, 0.6) is 0 Å². The van der Waals surface area contributed by atoms with Crippen molar-refractivity contribution in [3.05, 3.63) is 59.7 Å². The second-order valence-electron chi connectivity index (χ2n) is 13.1. The van der Waals surface area contributed by atoms with Gasteiger partial charge in [-0.2, -0.15) is 9.44 Å². The lowest BCUT2D eigenvalue weighted by atomic mass is 9.99. The zero-order valence-electron chi connectivity index (χ0n) is 30.8. The van der Waals surface area contributed by atoms with E-state index in [0.29, 0.717) is 12.8 Å². The number of amides is 2. The average Bonchev–Trinajstić information content (AvgIpc) is 3.12. The Hall–Kier alpha value is -2.92. The normalized spacial score (nSPS) is 18.5. The first-order valence-corrected chi connectivity index (χ1v) is 20.7. The summed E-state index contributed by atoms with van der Waals surface area (Å²) in [6.45, 7) is 13.1. The van der Waals surface area contributed by atoms with E-state index >= 15 is 0 Å². The average molecular weight is 753 g/mol. The van der Waals surface area contributed by atoms with Crippen molar-refractivity contribution in [1.82, 2.24) is 19.2 Å². The van der Waals surface area contributed by atoms with Crippen LogP contribution in [0.15, 0.2) is 58.3 Å². The molecule has 0 aromatic heterocycles. The molecule has 0 radical (unpaired) electrons. The molecule has 0 spiro atoms. The van der Waals surface area contributed by atoms with E-state index in [1.54, 1.807) is 24.3 Å². The molecule has 4 atom stereocenters. The Balaban J connectivity index is 1.74. The molecule has 2 N–H and O–H groups in total. The number of carbonyl (C=O) groups excluding carboxylic acids is 2. The quantitative estimate of drug-likeness (QED) is 0.332. The van der Waals surface area contributed by atoms with Gasteiger partial charge in [0.2, 0.25) is 31.9 Å². The number of aryl methyl sites for hydroxylation is 2. The summed E-state index contributed by atoms with van der Waals surface area (Å²) in [6, 6.07) is 10.9. The van der Waals surface area contributed by atoms with Crippen LogP contribution in [0.3, 0.4) is 0 Å². The predicted molar refractivity (Wildman–Crippen MR) is 195 cm³/mol. The molecule has 1 fully saturated rings. The largest absolute Gasteiger partial charge is 0.378 e. The van der Waals surface area contributed by atoms with Crippen molar-refractivity contribution < 1.29 is 40.6 Å². The third-order valence-electron chi connectivity index (χ3n) is 9.20. The molecule has 0 unspecified atom stereocenters. The van der Waals surface area contributed by atoms with Gasteiger partial charge in [-0.3, -0.25) is 9.59 Å².